The van der Waals surface area contributed by atoms with Crippen molar-refractivity contribution in [1.29, 1.82) is 0 Å². The number of carbonyl (C=O) groups is 1. The standard InChI is InChI=1S/C26H22ClF2NO3/c1-2-32-26(31)18-10-17(13-30-14-18)21-4-3-5-22(21)23-11-19(27)7-9-25(23)33-15-16-6-8-20(28)12-24(16)29/h6-14H,2-5,15H2,1H3. The average Bonchev–Trinajstić information content (AvgIpc) is 3.29. The number of hydrogen-bond acceptors (Lipinski definition) is 4. The van der Waals surface area contributed by atoms with Gasteiger partial charge in [0.05, 0.1) is 12.2 Å². The largest absolute Gasteiger partial charge is 0.488 e. The zero-order valence-corrected chi connectivity index (χ0v) is 18.8. The third-order valence-electron chi connectivity index (χ3n) is 5.48. The highest BCUT2D eigenvalue weighted by Crippen LogP contribution is 2.43. The van der Waals surface area contributed by atoms with E-state index < -0.39 is 17.6 Å². The summed E-state index contributed by atoms with van der Waals surface area (Å²) in [6, 6.07) is 10.5. The van der Waals surface area contributed by atoms with Gasteiger partial charge in [-0.25, -0.2) is 13.6 Å². The van der Waals surface area contributed by atoms with Crippen LogP contribution >= 0.6 is 11.6 Å². The number of ether oxygens (including phenoxy) is 2. The number of aromatic nitrogens is 1. The van der Waals surface area contributed by atoms with Gasteiger partial charge in [0.1, 0.15) is 24.0 Å². The Morgan fingerprint density at radius 2 is 1.88 bits per heavy atom. The van der Waals surface area contributed by atoms with Crippen LogP contribution in [0.5, 0.6) is 5.75 Å². The maximum absolute atomic E-state index is 14.1. The molecule has 0 atom stereocenters. The van der Waals surface area contributed by atoms with E-state index in [1.807, 2.05) is 6.07 Å². The number of hydrogen-bond donors (Lipinski definition) is 0. The minimum absolute atomic E-state index is 0.0523. The van der Waals surface area contributed by atoms with Crippen LogP contribution in [0.1, 0.15) is 53.2 Å². The topological polar surface area (TPSA) is 48.4 Å². The molecule has 0 aliphatic heterocycles. The van der Waals surface area contributed by atoms with E-state index in [0.29, 0.717) is 16.3 Å². The van der Waals surface area contributed by atoms with Crippen molar-refractivity contribution in [1.82, 2.24) is 4.98 Å². The number of benzene rings is 2. The predicted molar refractivity (Wildman–Crippen MR) is 123 cm³/mol. The molecule has 1 aliphatic rings. The minimum Gasteiger partial charge on any atom is -0.488 e. The molecule has 0 N–H and O–H groups in total. The molecule has 7 heteroatoms. The van der Waals surface area contributed by atoms with Gasteiger partial charge in [0.2, 0.25) is 0 Å². The smallest absolute Gasteiger partial charge is 0.339 e. The van der Waals surface area contributed by atoms with Crippen molar-refractivity contribution in [2.45, 2.75) is 32.8 Å². The Hall–Kier alpha value is -3.25. The van der Waals surface area contributed by atoms with Crippen molar-refractivity contribution in [3.8, 4) is 5.75 Å². The molecule has 0 radical (unpaired) electrons. The van der Waals surface area contributed by atoms with Crippen LogP contribution in [0.2, 0.25) is 5.02 Å². The molecule has 33 heavy (non-hydrogen) atoms. The summed E-state index contributed by atoms with van der Waals surface area (Å²) in [4.78, 5) is 16.4. The first-order valence-electron chi connectivity index (χ1n) is 10.7. The number of carbonyl (C=O) groups excluding carboxylic acids is 1. The van der Waals surface area contributed by atoms with E-state index in [2.05, 4.69) is 4.98 Å². The summed E-state index contributed by atoms with van der Waals surface area (Å²) in [7, 11) is 0. The van der Waals surface area contributed by atoms with Gasteiger partial charge in [-0.05, 0) is 79.3 Å². The van der Waals surface area contributed by atoms with Gasteiger partial charge < -0.3 is 9.47 Å². The molecule has 170 valence electrons. The van der Waals surface area contributed by atoms with Crippen molar-refractivity contribution in [3.05, 3.63) is 93.8 Å². The molecule has 0 amide bonds. The van der Waals surface area contributed by atoms with Crippen LogP contribution in [0, 0.1) is 11.6 Å². The average molecular weight is 470 g/mol. The first-order chi connectivity index (χ1) is 16.0. The van der Waals surface area contributed by atoms with E-state index >= 15 is 0 Å². The van der Waals surface area contributed by atoms with Gasteiger partial charge in [0.15, 0.2) is 0 Å². The lowest BCUT2D eigenvalue weighted by molar-refractivity contribution is 0.0526. The Bertz CT molecular complexity index is 1230. The van der Waals surface area contributed by atoms with E-state index in [4.69, 9.17) is 21.1 Å². The van der Waals surface area contributed by atoms with Gasteiger partial charge in [-0.15, -0.1) is 0 Å². The van der Waals surface area contributed by atoms with E-state index in [1.54, 1.807) is 31.3 Å². The maximum atomic E-state index is 14.1. The van der Waals surface area contributed by atoms with Gasteiger partial charge in [0.25, 0.3) is 0 Å². The second-order valence-electron chi connectivity index (χ2n) is 7.66. The van der Waals surface area contributed by atoms with E-state index in [9.17, 15) is 13.6 Å². The summed E-state index contributed by atoms with van der Waals surface area (Å²) in [5, 5.41) is 0.544. The van der Waals surface area contributed by atoms with Crippen molar-refractivity contribution in [3.63, 3.8) is 0 Å². The summed E-state index contributed by atoms with van der Waals surface area (Å²) >= 11 is 6.30. The van der Waals surface area contributed by atoms with E-state index in [1.165, 1.54) is 18.3 Å². The highest BCUT2D eigenvalue weighted by molar-refractivity contribution is 6.30. The van der Waals surface area contributed by atoms with Gasteiger partial charge in [0, 0.05) is 34.6 Å². The summed E-state index contributed by atoms with van der Waals surface area (Å²) in [5.41, 5.74) is 4.37. The van der Waals surface area contributed by atoms with Gasteiger partial charge in [-0.2, -0.15) is 0 Å². The van der Waals surface area contributed by atoms with Gasteiger partial charge in [-0.1, -0.05) is 11.6 Å². The maximum Gasteiger partial charge on any atom is 0.339 e. The monoisotopic (exact) mass is 469 g/mol. The Morgan fingerprint density at radius 3 is 2.67 bits per heavy atom. The molecule has 3 aromatic rings. The van der Waals surface area contributed by atoms with Crippen LogP contribution < -0.4 is 4.74 Å². The lowest BCUT2D eigenvalue weighted by Crippen LogP contribution is -2.05. The number of halogens is 3. The van der Waals surface area contributed by atoms with Crippen LogP contribution in [0.3, 0.4) is 0 Å². The summed E-state index contributed by atoms with van der Waals surface area (Å²) < 4.78 is 38.3. The number of nitrogens with zero attached hydrogens (tertiary/aromatic N) is 1. The van der Waals surface area contributed by atoms with Crippen molar-refractivity contribution in [2.75, 3.05) is 6.61 Å². The van der Waals surface area contributed by atoms with E-state index in [-0.39, 0.29) is 18.8 Å². The molecule has 0 fully saturated rings. The molecule has 4 nitrogen and oxygen atoms in total. The first kappa shape index (κ1) is 22.9. The molecule has 1 aliphatic carbocycles. The van der Waals surface area contributed by atoms with Gasteiger partial charge in [-0.3, -0.25) is 4.98 Å². The molecule has 0 unspecified atom stereocenters. The molecule has 2 aromatic carbocycles. The molecule has 1 heterocycles. The zero-order valence-electron chi connectivity index (χ0n) is 18.0. The first-order valence-corrected chi connectivity index (χ1v) is 11.0. The number of esters is 1. The fourth-order valence-electron chi connectivity index (χ4n) is 3.95. The fraction of sp³-hybridized carbons (Fsp3) is 0.231. The second-order valence-corrected chi connectivity index (χ2v) is 8.09. The molecule has 0 saturated heterocycles. The summed E-state index contributed by atoms with van der Waals surface area (Å²) in [5.74, 6) is -1.16. The van der Waals surface area contributed by atoms with Gasteiger partial charge >= 0.3 is 5.97 Å². The number of allylic oxidation sites excluding steroid dienone is 2. The highest BCUT2D eigenvalue weighted by Gasteiger charge is 2.22. The minimum atomic E-state index is -0.659. The number of pyridine rings is 1. The highest BCUT2D eigenvalue weighted by atomic mass is 35.5. The van der Waals surface area contributed by atoms with Crippen LogP contribution in [0.15, 0.2) is 54.9 Å². The third kappa shape index (κ3) is 5.22. The second kappa shape index (κ2) is 10.1. The Labute approximate surface area is 195 Å². The molecule has 0 saturated carbocycles. The summed E-state index contributed by atoms with van der Waals surface area (Å²) in [6.07, 6.45) is 5.74. The molecule has 1 aromatic heterocycles. The number of rotatable bonds is 7. The van der Waals surface area contributed by atoms with Crippen LogP contribution in [-0.4, -0.2) is 17.6 Å². The van der Waals surface area contributed by atoms with Crippen molar-refractivity contribution < 1.29 is 23.0 Å². The molecule has 0 bridgehead atoms. The third-order valence-corrected chi connectivity index (χ3v) is 5.72. The quantitative estimate of drug-likeness (QED) is 0.354. The van der Waals surface area contributed by atoms with Crippen LogP contribution in [-0.2, 0) is 11.3 Å². The lowest BCUT2D eigenvalue weighted by atomic mass is 9.96. The molecular weight excluding hydrogens is 448 g/mol. The van der Waals surface area contributed by atoms with Crippen molar-refractivity contribution >= 4 is 28.7 Å². The molecular formula is C26H22ClF2NO3. The molecule has 0 spiro atoms. The van der Waals surface area contributed by atoms with Crippen molar-refractivity contribution in [2.24, 2.45) is 0 Å². The normalized spacial score (nSPS) is 13.3. The molecule has 4 rings (SSSR count). The summed E-state index contributed by atoms with van der Waals surface area (Å²) in [6.45, 7) is 1.99. The predicted octanol–water partition coefficient (Wildman–Crippen LogP) is 6.86. The van der Waals surface area contributed by atoms with Crippen LogP contribution in [0.25, 0.3) is 11.1 Å². The zero-order chi connectivity index (χ0) is 23.4. The Morgan fingerprint density at radius 1 is 1.06 bits per heavy atom. The Kier molecular flexibility index (Phi) is 7.04. The van der Waals surface area contributed by atoms with Crippen LogP contribution in [0.4, 0.5) is 8.78 Å². The fourth-order valence-corrected chi connectivity index (χ4v) is 4.12. The Balaban J connectivity index is 1.69. The lowest BCUT2D eigenvalue weighted by Gasteiger charge is -2.15. The SMILES string of the molecule is CCOC(=O)c1cncc(C2=C(c3cc(Cl)ccc3OCc3ccc(F)cc3F)CCC2)c1. The van der Waals surface area contributed by atoms with E-state index in [0.717, 1.165) is 47.6 Å².